The van der Waals surface area contributed by atoms with Crippen LogP contribution in [0.25, 0.3) is 0 Å². The van der Waals surface area contributed by atoms with Crippen LogP contribution in [0.4, 0.5) is 0 Å². The molecule has 0 aliphatic heterocycles. The highest BCUT2D eigenvalue weighted by Crippen LogP contribution is 2.47. The maximum absolute atomic E-state index is 9.64. The van der Waals surface area contributed by atoms with Gasteiger partial charge >= 0.3 is 0 Å². The van der Waals surface area contributed by atoms with Crippen molar-refractivity contribution < 1.29 is 9.84 Å². The van der Waals surface area contributed by atoms with E-state index in [-0.39, 0.29) is 11.5 Å². The van der Waals surface area contributed by atoms with Gasteiger partial charge in [-0.1, -0.05) is 44.2 Å². The van der Waals surface area contributed by atoms with Gasteiger partial charge in [-0.2, -0.15) is 0 Å². The zero-order chi connectivity index (χ0) is 12.3. The number of ether oxygens (including phenoxy) is 1. The molecule has 2 atom stereocenters. The van der Waals surface area contributed by atoms with Gasteiger partial charge in [-0.15, -0.1) is 0 Å². The fourth-order valence-electron chi connectivity index (χ4n) is 2.47. The molecule has 1 N–H and O–H groups in total. The van der Waals surface area contributed by atoms with Gasteiger partial charge in [0.15, 0.2) is 0 Å². The molecule has 2 rings (SSSR count). The zero-order valence-electron chi connectivity index (χ0n) is 10.7. The lowest BCUT2D eigenvalue weighted by molar-refractivity contribution is -0.108. The Kier molecular flexibility index (Phi) is 3.85. The highest BCUT2D eigenvalue weighted by atomic mass is 16.5. The molecule has 0 aromatic heterocycles. The van der Waals surface area contributed by atoms with Crippen LogP contribution in [-0.2, 0) is 11.3 Å². The van der Waals surface area contributed by atoms with Gasteiger partial charge in [-0.3, -0.25) is 0 Å². The van der Waals surface area contributed by atoms with Crippen molar-refractivity contribution in [3.63, 3.8) is 0 Å². The predicted octanol–water partition coefficient (Wildman–Crippen LogP) is 3.00. The molecule has 1 aromatic rings. The van der Waals surface area contributed by atoms with E-state index < -0.39 is 0 Å². The first-order valence-corrected chi connectivity index (χ1v) is 6.40. The summed E-state index contributed by atoms with van der Waals surface area (Å²) in [6.45, 7) is 5.76. The Hall–Kier alpha value is -0.860. The molecular formula is C15H22O2. The molecule has 0 spiro atoms. The Balaban J connectivity index is 1.65. The Morgan fingerprint density at radius 1 is 1.29 bits per heavy atom. The lowest BCUT2D eigenvalue weighted by Crippen LogP contribution is -2.49. The van der Waals surface area contributed by atoms with Gasteiger partial charge in [-0.05, 0) is 29.7 Å². The molecule has 0 amide bonds. The number of hydrogen-bond donors (Lipinski definition) is 1. The molecule has 0 unspecified atom stereocenters. The smallest absolute Gasteiger partial charge is 0.0716 e. The molecule has 17 heavy (non-hydrogen) atoms. The lowest BCUT2D eigenvalue weighted by atomic mass is 9.59. The second-order valence-electron chi connectivity index (χ2n) is 5.60. The summed E-state index contributed by atoms with van der Waals surface area (Å²) in [5, 5.41) is 9.64. The van der Waals surface area contributed by atoms with Crippen LogP contribution < -0.4 is 0 Å². The van der Waals surface area contributed by atoms with Crippen LogP contribution in [0.5, 0.6) is 0 Å². The molecule has 1 fully saturated rings. The monoisotopic (exact) mass is 234 g/mol. The van der Waals surface area contributed by atoms with Crippen molar-refractivity contribution in [1.82, 2.24) is 0 Å². The Labute approximate surface area is 104 Å². The van der Waals surface area contributed by atoms with Gasteiger partial charge in [0.1, 0.15) is 0 Å². The second kappa shape index (κ2) is 5.19. The first-order valence-electron chi connectivity index (χ1n) is 6.40. The quantitative estimate of drug-likeness (QED) is 0.794. The van der Waals surface area contributed by atoms with Crippen molar-refractivity contribution in [1.29, 1.82) is 0 Å². The molecule has 0 saturated heterocycles. The standard InChI is InChI=1S/C15H22O2/c1-15(2)13(10-14(15)16)8-9-17-11-12-6-4-3-5-7-12/h3-7,13-14,16H,8-11H2,1-2H3/t13-,14+/m0/s1. The van der Waals surface area contributed by atoms with E-state index in [1.807, 2.05) is 18.2 Å². The molecule has 2 nitrogen and oxygen atoms in total. The van der Waals surface area contributed by atoms with Crippen molar-refractivity contribution in [3.05, 3.63) is 35.9 Å². The van der Waals surface area contributed by atoms with Crippen LogP contribution in [-0.4, -0.2) is 17.8 Å². The van der Waals surface area contributed by atoms with E-state index in [1.54, 1.807) is 0 Å². The molecule has 1 aliphatic carbocycles. The van der Waals surface area contributed by atoms with Crippen molar-refractivity contribution >= 4 is 0 Å². The fraction of sp³-hybridized carbons (Fsp3) is 0.600. The van der Waals surface area contributed by atoms with Crippen molar-refractivity contribution in [2.75, 3.05) is 6.61 Å². The Morgan fingerprint density at radius 2 is 2.00 bits per heavy atom. The first-order chi connectivity index (χ1) is 8.10. The molecular weight excluding hydrogens is 212 g/mol. The van der Waals surface area contributed by atoms with Gasteiger partial charge in [0.05, 0.1) is 12.7 Å². The average Bonchev–Trinajstić information content (AvgIpc) is 2.34. The minimum Gasteiger partial charge on any atom is -0.393 e. The lowest BCUT2D eigenvalue weighted by Gasteiger charge is -2.49. The molecule has 0 heterocycles. The summed E-state index contributed by atoms with van der Waals surface area (Å²) in [5.41, 5.74) is 1.30. The third-order valence-corrected chi connectivity index (χ3v) is 4.14. The molecule has 0 radical (unpaired) electrons. The highest BCUT2D eigenvalue weighted by Gasteiger charge is 2.46. The zero-order valence-corrected chi connectivity index (χ0v) is 10.7. The number of benzene rings is 1. The summed E-state index contributed by atoms with van der Waals surface area (Å²) in [5.74, 6) is 0.605. The van der Waals surface area contributed by atoms with Crippen molar-refractivity contribution in [3.8, 4) is 0 Å². The molecule has 0 bridgehead atoms. The number of aliphatic hydroxyl groups is 1. The number of aliphatic hydroxyl groups excluding tert-OH is 1. The molecule has 1 aliphatic rings. The molecule has 2 heteroatoms. The molecule has 1 saturated carbocycles. The summed E-state index contributed by atoms with van der Waals surface area (Å²) in [7, 11) is 0. The van der Waals surface area contributed by atoms with Gasteiger partial charge < -0.3 is 9.84 Å². The minimum atomic E-state index is -0.123. The van der Waals surface area contributed by atoms with Crippen LogP contribution in [0.1, 0.15) is 32.3 Å². The van der Waals surface area contributed by atoms with E-state index in [1.165, 1.54) is 5.56 Å². The van der Waals surface area contributed by atoms with Gasteiger partial charge in [0.2, 0.25) is 0 Å². The van der Waals surface area contributed by atoms with Gasteiger partial charge in [0, 0.05) is 6.61 Å². The summed E-state index contributed by atoms with van der Waals surface area (Å²) in [6.07, 6.45) is 1.86. The maximum Gasteiger partial charge on any atom is 0.0716 e. The van der Waals surface area contributed by atoms with E-state index >= 15 is 0 Å². The number of hydrogen-bond acceptors (Lipinski definition) is 2. The van der Waals surface area contributed by atoms with E-state index in [0.29, 0.717) is 12.5 Å². The average molecular weight is 234 g/mol. The highest BCUT2D eigenvalue weighted by molar-refractivity contribution is 5.13. The maximum atomic E-state index is 9.64. The van der Waals surface area contributed by atoms with Crippen LogP contribution in [0, 0.1) is 11.3 Å². The Bertz CT molecular complexity index is 345. The minimum absolute atomic E-state index is 0.0795. The van der Waals surface area contributed by atoms with Crippen molar-refractivity contribution in [2.45, 2.75) is 39.4 Å². The summed E-state index contributed by atoms with van der Waals surface area (Å²) < 4.78 is 5.67. The third kappa shape index (κ3) is 2.88. The van der Waals surface area contributed by atoms with E-state index in [9.17, 15) is 5.11 Å². The summed E-state index contributed by atoms with van der Waals surface area (Å²) >= 11 is 0. The van der Waals surface area contributed by atoms with E-state index in [4.69, 9.17) is 4.74 Å². The van der Waals surface area contributed by atoms with E-state index in [0.717, 1.165) is 19.4 Å². The van der Waals surface area contributed by atoms with Crippen LogP contribution in [0.15, 0.2) is 30.3 Å². The molecule has 94 valence electrons. The topological polar surface area (TPSA) is 29.5 Å². The van der Waals surface area contributed by atoms with Crippen LogP contribution in [0.2, 0.25) is 0 Å². The largest absolute Gasteiger partial charge is 0.393 e. The summed E-state index contributed by atoms with van der Waals surface area (Å²) in [4.78, 5) is 0. The second-order valence-corrected chi connectivity index (χ2v) is 5.60. The van der Waals surface area contributed by atoms with E-state index in [2.05, 4.69) is 26.0 Å². The first kappa shape index (κ1) is 12.6. The van der Waals surface area contributed by atoms with Gasteiger partial charge in [-0.25, -0.2) is 0 Å². The fourth-order valence-corrected chi connectivity index (χ4v) is 2.47. The predicted molar refractivity (Wildman–Crippen MR) is 68.6 cm³/mol. The SMILES string of the molecule is CC1(C)[C@@H](CCOCc2ccccc2)C[C@H]1O. The number of rotatable bonds is 5. The normalized spacial score (nSPS) is 26.5. The van der Waals surface area contributed by atoms with Crippen molar-refractivity contribution in [2.24, 2.45) is 11.3 Å². The van der Waals surface area contributed by atoms with Gasteiger partial charge in [0.25, 0.3) is 0 Å². The van der Waals surface area contributed by atoms with Crippen LogP contribution in [0.3, 0.4) is 0 Å². The summed E-state index contributed by atoms with van der Waals surface area (Å²) in [6, 6.07) is 10.2. The van der Waals surface area contributed by atoms with Crippen LogP contribution >= 0.6 is 0 Å². The molecule has 1 aromatic carbocycles. The third-order valence-electron chi connectivity index (χ3n) is 4.14. The Morgan fingerprint density at radius 3 is 2.59 bits per heavy atom.